The summed E-state index contributed by atoms with van der Waals surface area (Å²) in [5.41, 5.74) is 0.598. The van der Waals surface area contributed by atoms with Crippen LogP contribution in [0.3, 0.4) is 0 Å². The van der Waals surface area contributed by atoms with Gasteiger partial charge in [-0.3, -0.25) is 9.59 Å². The zero-order valence-electron chi connectivity index (χ0n) is 16.4. The topological polar surface area (TPSA) is 95.9 Å². The van der Waals surface area contributed by atoms with Crippen LogP contribution in [0.5, 0.6) is 0 Å². The van der Waals surface area contributed by atoms with E-state index in [-0.39, 0.29) is 23.9 Å². The molecule has 0 spiro atoms. The van der Waals surface area contributed by atoms with Crippen molar-refractivity contribution in [3.63, 3.8) is 0 Å². The lowest BCUT2D eigenvalue weighted by atomic mass is 10.1. The lowest BCUT2D eigenvalue weighted by Gasteiger charge is -2.35. The molecule has 9 heteroatoms. The predicted octanol–water partition coefficient (Wildman–Crippen LogP) is 0.965. The molecule has 3 rings (SSSR count). The van der Waals surface area contributed by atoms with Gasteiger partial charge in [0.1, 0.15) is 6.54 Å². The van der Waals surface area contributed by atoms with Crippen LogP contribution in [0.4, 0.5) is 11.6 Å². The Morgan fingerprint density at radius 3 is 2.31 bits per heavy atom. The minimum Gasteiger partial charge on any atom is -0.465 e. The molecule has 0 saturated carbocycles. The van der Waals surface area contributed by atoms with E-state index >= 15 is 0 Å². The number of rotatable bonds is 5. The summed E-state index contributed by atoms with van der Waals surface area (Å²) in [6.45, 7) is 3.43. The Morgan fingerprint density at radius 2 is 1.69 bits per heavy atom. The molecule has 152 valence electrons. The summed E-state index contributed by atoms with van der Waals surface area (Å²) in [5, 5.41) is 0. The van der Waals surface area contributed by atoms with Crippen LogP contribution in [0, 0.1) is 0 Å². The van der Waals surface area contributed by atoms with Crippen LogP contribution >= 0.6 is 0 Å². The number of hydrogen-bond acceptors (Lipinski definition) is 7. The molecule has 1 fully saturated rings. The Hall–Kier alpha value is -3.49. The minimum atomic E-state index is -0.559. The average Bonchev–Trinajstić information content (AvgIpc) is 2.77. The summed E-state index contributed by atoms with van der Waals surface area (Å²) >= 11 is 0. The molecule has 1 aromatic carbocycles. The van der Waals surface area contributed by atoms with E-state index in [1.165, 1.54) is 18.9 Å². The number of piperazine rings is 1. The molecule has 29 heavy (non-hydrogen) atoms. The standard InChI is InChI=1S/C20H23N5O4/c1-15(26)25(17-7-4-3-6-16(17)19(28)29-2)14-18(27)23-10-12-24(13-11-23)20-21-8-5-9-22-20/h3-9H,10-14H2,1-2H3. The molecule has 0 aliphatic carbocycles. The first-order valence-electron chi connectivity index (χ1n) is 9.26. The number of aromatic nitrogens is 2. The van der Waals surface area contributed by atoms with Crippen molar-refractivity contribution in [3.8, 4) is 0 Å². The molecule has 0 N–H and O–H groups in total. The number of hydrogen-bond donors (Lipinski definition) is 0. The van der Waals surface area contributed by atoms with E-state index in [4.69, 9.17) is 4.74 Å². The van der Waals surface area contributed by atoms with Gasteiger partial charge in [-0.1, -0.05) is 12.1 Å². The van der Waals surface area contributed by atoms with E-state index < -0.39 is 5.97 Å². The summed E-state index contributed by atoms with van der Waals surface area (Å²) in [4.78, 5) is 50.6. The van der Waals surface area contributed by atoms with Crippen LogP contribution < -0.4 is 9.80 Å². The Morgan fingerprint density at radius 1 is 1.03 bits per heavy atom. The number of benzene rings is 1. The van der Waals surface area contributed by atoms with E-state index in [1.807, 2.05) is 4.90 Å². The van der Waals surface area contributed by atoms with Crippen molar-refractivity contribution >= 4 is 29.4 Å². The Bertz CT molecular complexity index is 881. The van der Waals surface area contributed by atoms with Gasteiger partial charge in [0.25, 0.3) is 0 Å². The highest BCUT2D eigenvalue weighted by Gasteiger charge is 2.27. The lowest BCUT2D eigenvalue weighted by molar-refractivity contribution is -0.131. The fourth-order valence-corrected chi connectivity index (χ4v) is 3.20. The van der Waals surface area contributed by atoms with Crippen molar-refractivity contribution in [2.75, 3.05) is 49.6 Å². The van der Waals surface area contributed by atoms with E-state index in [9.17, 15) is 14.4 Å². The number of nitrogens with zero attached hydrogens (tertiary/aromatic N) is 5. The van der Waals surface area contributed by atoms with Crippen molar-refractivity contribution in [1.82, 2.24) is 14.9 Å². The molecular weight excluding hydrogens is 374 g/mol. The third-order valence-corrected chi connectivity index (χ3v) is 4.74. The highest BCUT2D eigenvalue weighted by molar-refractivity contribution is 6.04. The second kappa shape index (κ2) is 9.13. The first-order chi connectivity index (χ1) is 14.0. The third kappa shape index (κ3) is 4.68. The number of anilines is 2. The molecule has 9 nitrogen and oxygen atoms in total. The number of para-hydroxylation sites is 1. The Kier molecular flexibility index (Phi) is 6.38. The van der Waals surface area contributed by atoms with E-state index in [0.29, 0.717) is 37.8 Å². The van der Waals surface area contributed by atoms with Crippen LogP contribution in [0.15, 0.2) is 42.7 Å². The first-order valence-corrected chi connectivity index (χ1v) is 9.26. The zero-order valence-corrected chi connectivity index (χ0v) is 16.4. The largest absolute Gasteiger partial charge is 0.465 e. The smallest absolute Gasteiger partial charge is 0.339 e. The van der Waals surface area contributed by atoms with Crippen LogP contribution in [-0.4, -0.2) is 72.5 Å². The molecule has 2 aromatic rings. The van der Waals surface area contributed by atoms with Crippen molar-refractivity contribution in [3.05, 3.63) is 48.3 Å². The summed E-state index contributed by atoms with van der Waals surface area (Å²) in [6.07, 6.45) is 3.37. The minimum absolute atomic E-state index is 0.148. The van der Waals surface area contributed by atoms with Crippen molar-refractivity contribution in [2.45, 2.75) is 6.92 Å². The second-order valence-corrected chi connectivity index (χ2v) is 6.53. The summed E-state index contributed by atoms with van der Waals surface area (Å²) in [5.74, 6) is -0.438. The molecule has 1 aromatic heterocycles. The van der Waals surface area contributed by atoms with Crippen molar-refractivity contribution < 1.29 is 19.1 Å². The van der Waals surface area contributed by atoms with Gasteiger partial charge in [-0.25, -0.2) is 14.8 Å². The highest BCUT2D eigenvalue weighted by Crippen LogP contribution is 2.22. The summed E-state index contributed by atoms with van der Waals surface area (Å²) in [7, 11) is 1.28. The monoisotopic (exact) mass is 397 g/mol. The van der Waals surface area contributed by atoms with Gasteiger partial charge in [0.05, 0.1) is 18.4 Å². The van der Waals surface area contributed by atoms with Gasteiger partial charge in [-0.05, 0) is 18.2 Å². The van der Waals surface area contributed by atoms with Gasteiger partial charge in [0.15, 0.2) is 0 Å². The van der Waals surface area contributed by atoms with Crippen molar-refractivity contribution in [2.24, 2.45) is 0 Å². The van der Waals surface area contributed by atoms with Gasteiger partial charge < -0.3 is 19.4 Å². The number of esters is 1. The first kappa shape index (κ1) is 20.2. The predicted molar refractivity (Wildman–Crippen MR) is 107 cm³/mol. The summed E-state index contributed by atoms with van der Waals surface area (Å²) < 4.78 is 4.79. The SMILES string of the molecule is COC(=O)c1ccccc1N(CC(=O)N1CCN(c2ncccn2)CC1)C(C)=O. The maximum absolute atomic E-state index is 12.8. The van der Waals surface area contributed by atoms with Gasteiger partial charge in [-0.15, -0.1) is 0 Å². The number of methoxy groups -OCH3 is 1. The lowest BCUT2D eigenvalue weighted by Crippen LogP contribution is -2.52. The number of carbonyl (C=O) groups excluding carboxylic acids is 3. The van der Waals surface area contributed by atoms with Gasteiger partial charge >= 0.3 is 5.97 Å². The molecule has 0 bridgehead atoms. The van der Waals surface area contributed by atoms with Crippen LogP contribution in [0.1, 0.15) is 17.3 Å². The van der Waals surface area contributed by atoms with E-state index in [2.05, 4.69) is 9.97 Å². The molecule has 0 atom stereocenters. The molecular formula is C20H23N5O4. The maximum atomic E-state index is 12.8. The highest BCUT2D eigenvalue weighted by atomic mass is 16.5. The molecule has 0 unspecified atom stereocenters. The molecule has 2 heterocycles. The number of amides is 2. The van der Waals surface area contributed by atoms with Gasteiger partial charge in [-0.2, -0.15) is 0 Å². The van der Waals surface area contributed by atoms with Gasteiger partial charge in [0.2, 0.25) is 17.8 Å². The molecule has 0 radical (unpaired) electrons. The fourth-order valence-electron chi connectivity index (χ4n) is 3.20. The van der Waals surface area contributed by atoms with Crippen LogP contribution in [-0.2, 0) is 14.3 Å². The molecule has 2 amide bonds. The average molecular weight is 397 g/mol. The van der Waals surface area contributed by atoms with E-state index in [0.717, 1.165) is 0 Å². The number of carbonyl (C=O) groups is 3. The third-order valence-electron chi connectivity index (χ3n) is 4.74. The van der Waals surface area contributed by atoms with E-state index in [1.54, 1.807) is 47.6 Å². The Labute approximate surface area is 168 Å². The normalized spacial score (nSPS) is 13.7. The molecule has 1 aliphatic rings. The van der Waals surface area contributed by atoms with Crippen molar-refractivity contribution in [1.29, 1.82) is 0 Å². The number of ether oxygens (including phenoxy) is 1. The summed E-state index contributed by atoms with van der Waals surface area (Å²) in [6, 6.07) is 8.35. The molecule has 1 aliphatic heterocycles. The zero-order chi connectivity index (χ0) is 20.8. The van der Waals surface area contributed by atoms with Gasteiger partial charge in [0, 0.05) is 45.5 Å². The maximum Gasteiger partial charge on any atom is 0.339 e. The van der Waals surface area contributed by atoms with Crippen LogP contribution in [0.25, 0.3) is 0 Å². The molecule has 1 saturated heterocycles. The second-order valence-electron chi connectivity index (χ2n) is 6.53. The Balaban J connectivity index is 1.69. The quantitative estimate of drug-likeness (QED) is 0.694. The van der Waals surface area contributed by atoms with Crippen LogP contribution in [0.2, 0.25) is 0 Å². The fraction of sp³-hybridized carbons (Fsp3) is 0.350.